The zero-order chi connectivity index (χ0) is 20.5. The van der Waals surface area contributed by atoms with Gasteiger partial charge >= 0.3 is 0 Å². The quantitative estimate of drug-likeness (QED) is 0.860. The number of aryl methyl sites for hydroxylation is 1. The molecule has 2 aromatic carbocycles. The van der Waals surface area contributed by atoms with Crippen LogP contribution < -0.4 is 16.0 Å². The minimum absolute atomic E-state index is 0.00530. The highest BCUT2D eigenvalue weighted by Crippen LogP contribution is 2.39. The molecule has 1 heterocycles. The van der Waals surface area contributed by atoms with Crippen LogP contribution in [-0.4, -0.2) is 29.9 Å². The third kappa shape index (κ3) is 4.42. The first-order valence-corrected chi connectivity index (χ1v) is 9.69. The van der Waals surface area contributed by atoms with Gasteiger partial charge in [0.05, 0.1) is 6.04 Å². The van der Waals surface area contributed by atoms with Crippen molar-refractivity contribution in [3.05, 3.63) is 65.2 Å². The number of hydrogen-bond donors (Lipinski definition) is 2. The van der Waals surface area contributed by atoms with Crippen LogP contribution in [0.4, 0.5) is 5.69 Å². The molecule has 5 nitrogen and oxygen atoms in total. The van der Waals surface area contributed by atoms with Crippen LogP contribution in [0.15, 0.2) is 48.5 Å². The van der Waals surface area contributed by atoms with Gasteiger partial charge in [0.15, 0.2) is 0 Å². The normalized spacial score (nSPS) is 19.8. The van der Waals surface area contributed by atoms with Crippen LogP contribution in [0.1, 0.15) is 49.8 Å². The van der Waals surface area contributed by atoms with Crippen LogP contribution in [0.25, 0.3) is 0 Å². The largest absolute Gasteiger partial charge is 0.350 e. The third-order valence-corrected chi connectivity index (χ3v) is 4.94. The molecule has 0 fully saturated rings. The average Bonchev–Trinajstić information content (AvgIpc) is 2.71. The van der Waals surface area contributed by atoms with Gasteiger partial charge in [0, 0.05) is 17.1 Å². The first-order valence-electron chi connectivity index (χ1n) is 9.69. The lowest BCUT2D eigenvalue weighted by atomic mass is 9.85. The molecule has 0 aromatic heterocycles. The van der Waals surface area contributed by atoms with Gasteiger partial charge in [0.2, 0.25) is 11.8 Å². The molecule has 148 valence electrons. The Balaban J connectivity index is 2.05. The van der Waals surface area contributed by atoms with Crippen LogP contribution in [0.3, 0.4) is 0 Å². The van der Waals surface area contributed by atoms with Gasteiger partial charge in [-0.3, -0.25) is 9.59 Å². The van der Waals surface area contributed by atoms with Crippen molar-refractivity contribution >= 4 is 17.5 Å². The lowest BCUT2D eigenvalue weighted by Crippen LogP contribution is -2.50. The first-order chi connectivity index (χ1) is 13.2. The number of amides is 2. The number of fused-ring (bicyclic) bond motifs is 1. The predicted molar refractivity (Wildman–Crippen MR) is 112 cm³/mol. The molecular formula is C23H29N3O2. The van der Waals surface area contributed by atoms with Crippen molar-refractivity contribution in [2.45, 2.75) is 51.6 Å². The highest BCUT2D eigenvalue weighted by Gasteiger charge is 2.35. The molecule has 0 spiro atoms. The molecule has 0 bridgehead atoms. The smallest absolute Gasteiger partial charge is 0.244 e. The monoisotopic (exact) mass is 379 g/mol. The number of nitrogens with two attached hydrogens (primary N) is 1. The Morgan fingerprint density at radius 2 is 1.86 bits per heavy atom. The summed E-state index contributed by atoms with van der Waals surface area (Å²) in [7, 11) is 0. The number of nitrogens with zero attached hydrogens (tertiary/aromatic N) is 1. The van der Waals surface area contributed by atoms with Crippen molar-refractivity contribution in [2.75, 3.05) is 11.4 Å². The van der Waals surface area contributed by atoms with Crippen LogP contribution in [0.5, 0.6) is 0 Å². The highest BCUT2D eigenvalue weighted by atomic mass is 16.2. The van der Waals surface area contributed by atoms with E-state index >= 15 is 0 Å². The predicted octanol–water partition coefficient (Wildman–Crippen LogP) is 3.11. The fourth-order valence-corrected chi connectivity index (χ4v) is 3.76. The summed E-state index contributed by atoms with van der Waals surface area (Å²) in [6.07, 6.45) is 0.511. The second-order valence-electron chi connectivity index (χ2n) is 8.59. The molecular weight excluding hydrogens is 350 g/mol. The highest BCUT2D eigenvalue weighted by molar-refractivity contribution is 6.03. The van der Waals surface area contributed by atoms with Gasteiger partial charge in [-0.1, -0.05) is 48.0 Å². The Labute approximate surface area is 166 Å². The Hall–Kier alpha value is -2.66. The van der Waals surface area contributed by atoms with Gasteiger partial charge in [-0.05, 0) is 51.3 Å². The average molecular weight is 380 g/mol. The molecule has 0 aliphatic carbocycles. The Bertz CT molecular complexity index is 871. The zero-order valence-corrected chi connectivity index (χ0v) is 17.0. The molecule has 1 aliphatic rings. The standard InChI is InChI=1S/C23H29N3O2/c1-15-10-11-20-18(12-15)17(16-8-6-5-7-9-16)13-19(24)22(28)26(20)14-21(27)25-23(2,3)4/h5-12,17,19H,13-14,24H2,1-4H3,(H,25,27)/t17-,19-/m1/s1. The van der Waals surface area contributed by atoms with E-state index in [1.807, 2.05) is 58.0 Å². The van der Waals surface area contributed by atoms with Gasteiger partial charge in [-0.15, -0.1) is 0 Å². The number of benzene rings is 2. The van der Waals surface area contributed by atoms with E-state index in [4.69, 9.17) is 5.73 Å². The molecule has 2 atom stereocenters. The van der Waals surface area contributed by atoms with E-state index in [2.05, 4.69) is 23.5 Å². The van der Waals surface area contributed by atoms with Gasteiger partial charge < -0.3 is 16.0 Å². The van der Waals surface area contributed by atoms with Gasteiger partial charge in [0.25, 0.3) is 0 Å². The summed E-state index contributed by atoms with van der Waals surface area (Å²) in [5, 5.41) is 2.93. The maximum atomic E-state index is 13.1. The molecule has 3 rings (SSSR count). The molecule has 2 amide bonds. The van der Waals surface area contributed by atoms with E-state index in [0.717, 1.165) is 22.4 Å². The van der Waals surface area contributed by atoms with Crippen LogP contribution >= 0.6 is 0 Å². The topological polar surface area (TPSA) is 75.4 Å². The van der Waals surface area contributed by atoms with Crippen molar-refractivity contribution < 1.29 is 9.59 Å². The molecule has 0 radical (unpaired) electrons. The van der Waals surface area contributed by atoms with Crippen molar-refractivity contribution in [3.8, 4) is 0 Å². The van der Waals surface area contributed by atoms with Gasteiger partial charge in [-0.2, -0.15) is 0 Å². The maximum Gasteiger partial charge on any atom is 0.244 e. The summed E-state index contributed by atoms with van der Waals surface area (Å²) in [5.41, 5.74) is 9.97. The summed E-state index contributed by atoms with van der Waals surface area (Å²) in [4.78, 5) is 27.2. The van der Waals surface area contributed by atoms with Crippen molar-refractivity contribution in [2.24, 2.45) is 5.73 Å². The fourth-order valence-electron chi connectivity index (χ4n) is 3.76. The molecule has 28 heavy (non-hydrogen) atoms. The fraction of sp³-hybridized carbons (Fsp3) is 0.391. The van der Waals surface area contributed by atoms with Gasteiger partial charge in [0.1, 0.15) is 6.54 Å². The number of carbonyl (C=O) groups excluding carboxylic acids is 2. The Morgan fingerprint density at radius 3 is 2.50 bits per heavy atom. The summed E-state index contributed by atoms with van der Waals surface area (Å²) in [5.74, 6) is -0.406. The second-order valence-corrected chi connectivity index (χ2v) is 8.59. The van der Waals surface area contributed by atoms with Crippen molar-refractivity contribution in [1.82, 2.24) is 5.32 Å². The number of carbonyl (C=O) groups is 2. The summed E-state index contributed by atoms with van der Waals surface area (Å²) in [6, 6.07) is 15.4. The minimum atomic E-state index is -0.666. The van der Waals surface area contributed by atoms with E-state index < -0.39 is 6.04 Å². The molecule has 0 unspecified atom stereocenters. The second kappa shape index (κ2) is 7.76. The SMILES string of the molecule is Cc1ccc2c(c1)[C@@H](c1ccccc1)C[C@@H](N)C(=O)N2CC(=O)NC(C)(C)C. The molecule has 5 heteroatoms. The van der Waals surface area contributed by atoms with E-state index in [9.17, 15) is 9.59 Å². The van der Waals surface area contributed by atoms with Gasteiger partial charge in [-0.25, -0.2) is 0 Å². The van der Waals surface area contributed by atoms with E-state index in [1.165, 1.54) is 0 Å². The lowest BCUT2D eigenvalue weighted by Gasteiger charge is -2.27. The summed E-state index contributed by atoms with van der Waals surface area (Å²) >= 11 is 0. The van der Waals surface area contributed by atoms with E-state index in [-0.39, 0.29) is 29.8 Å². The molecule has 2 aromatic rings. The Kier molecular flexibility index (Phi) is 5.57. The summed E-state index contributed by atoms with van der Waals surface area (Å²) < 4.78 is 0. The van der Waals surface area contributed by atoms with E-state index in [0.29, 0.717) is 6.42 Å². The zero-order valence-electron chi connectivity index (χ0n) is 17.0. The lowest BCUT2D eigenvalue weighted by molar-refractivity contribution is -0.125. The van der Waals surface area contributed by atoms with Crippen LogP contribution in [-0.2, 0) is 9.59 Å². The molecule has 3 N–H and O–H groups in total. The molecule has 0 saturated heterocycles. The number of nitrogens with one attached hydrogen (secondary N) is 1. The van der Waals surface area contributed by atoms with E-state index in [1.54, 1.807) is 4.90 Å². The first kappa shape index (κ1) is 20.1. The van der Waals surface area contributed by atoms with Crippen LogP contribution in [0.2, 0.25) is 0 Å². The Morgan fingerprint density at radius 1 is 1.18 bits per heavy atom. The number of anilines is 1. The molecule has 0 saturated carbocycles. The summed E-state index contributed by atoms with van der Waals surface area (Å²) in [6.45, 7) is 7.75. The third-order valence-electron chi connectivity index (χ3n) is 4.94. The van der Waals surface area contributed by atoms with Crippen LogP contribution in [0, 0.1) is 6.92 Å². The number of rotatable bonds is 3. The van der Waals surface area contributed by atoms with Crippen molar-refractivity contribution in [3.63, 3.8) is 0 Å². The minimum Gasteiger partial charge on any atom is -0.350 e. The maximum absolute atomic E-state index is 13.1. The number of hydrogen-bond acceptors (Lipinski definition) is 3. The molecule has 1 aliphatic heterocycles. The van der Waals surface area contributed by atoms with Crippen molar-refractivity contribution in [1.29, 1.82) is 0 Å².